The molecule has 0 bridgehead atoms. The lowest BCUT2D eigenvalue weighted by molar-refractivity contribution is -0.137. The average molecular weight is 482 g/mol. The van der Waals surface area contributed by atoms with Crippen molar-refractivity contribution in [2.75, 3.05) is 23.3 Å². The monoisotopic (exact) mass is 481 g/mol. The third kappa shape index (κ3) is 4.93. The molecule has 0 saturated carbocycles. The summed E-state index contributed by atoms with van der Waals surface area (Å²) < 4.78 is 41.2. The predicted molar refractivity (Wildman–Crippen MR) is 130 cm³/mol. The molecular formula is C25H26F3N7. The molecule has 0 spiro atoms. The van der Waals surface area contributed by atoms with Crippen LogP contribution in [0.3, 0.4) is 0 Å². The topological polar surface area (TPSA) is 81.8 Å². The van der Waals surface area contributed by atoms with Gasteiger partial charge in [0.15, 0.2) is 0 Å². The summed E-state index contributed by atoms with van der Waals surface area (Å²) in [6.45, 7) is 5.35. The van der Waals surface area contributed by atoms with E-state index in [1.54, 1.807) is 18.6 Å². The molecule has 3 N–H and O–H groups in total. The fourth-order valence-corrected chi connectivity index (χ4v) is 4.64. The lowest BCUT2D eigenvalue weighted by Gasteiger charge is -2.37. The van der Waals surface area contributed by atoms with E-state index in [0.29, 0.717) is 30.2 Å². The van der Waals surface area contributed by atoms with E-state index >= 15 is 0 Å². The zero-order valence-electron chi connectivity index (χ0n) is 19.4. The van der Waals surface area contributed by atoms with Crippen LogP contribution in [0.25, 0.3) is 22.2 Å². The Morgan fingerprint density at radius 1 is 1.11 bits per heavy atom. The van der Waals surface area contributed by atoms with E-state index < -0.39 is 11.7 Å². The van der Waals surface area contributed by atoms with Crippen LogP contribution in [0.15, 0.2) is 55.1 Å². The van der Waals surface area contributed by atoms with Gasteiger partial charge in [-0.15, -0.1) is 0 Å². The molecule has 1 aliphatic rings. The van der Waals surface area contributed by atoms with Gasteiger partial charge in [-0.3, -0.25) is 4.98 Å². The maximum atomic E-state index is 13.7. The number of rotatable bonds is 5. The molecule has 1 fully saturated rings. The number of hydrogen-bond acceptors (Lipinski definition) is 6. The Bertz CT molecular complexity index is 1310. The molecule has 35 heavy (non-hydrogen) atoms. The van der Waals surface area contributed by atoms with Crippen LogP contribution >= 0.6 is 0 Å². The maximum Gasteiger partial charge on any atom is 0.416 e. The Morgan fingerprint density at radius 3 is 2.63 bits per heavy atom. The highest BCUT2D eigenvalue weighted by Crippen LogP contribution is 2.34. The molecule has 0 radical (unpaired) electrons. The predicted octanol–water partition coefficient (Wildman–Crippen LogP) is 4.84. The van der Waals surface area contributed by atoms with Crippen LogP contribution in [-0.2, 0) is 12.7 Å². The zero-order chi connectivity index (χ0) is 24.6. The largest absolute Gasteiger partial charge is 0.416 e. The number of hydrogen-bond donors (Lipinski definition) is 3. The van der Waals surface area contributed by atoms with Gasteiger partial charge < -0.3 is 20.5 Å². The number of halogens is 3. The Kier molecular flexibility index (Phi) is 6.06. The van der Waals surface area contributed by atoms with Crippen molar-refractivity contribution in [3.8, 4) is 11.1 Å². The minimum atomic E-state index is -4.46. The Balaban J connectivity index is 1.47. The quantitative estimate of drug-likeness (QED) is 0.379. The molecule has 0 aliphatic carbocycles. The summed E-state index contributed by atoms with van der Waals surface area (Å²) in [5.74, 6) is 0.342. The van der Waals surface area contributed by atoms with Crippen LogP contribution in [-0.4, -0.2) is 45.1 Å². The number of aromatic nitrogens is 4. The highest BCUT2D eigenvalue weighted by molar-refractivity contribution is 6.02. The first-order valence-corrected chi connectivity index (χ1v) is 11.5. The molecule has 4 aromatic rings. The van der Waals surface area contributed by atoms with Crippen molar-refractivity contribution in [1.29, 1.82) is 0 Å². The highest BCUT2D eigenvalue weighted by atomic mass is 19.4. The molecule has 0 amide bonds. The fraction of sp³-hybridized carbons (Fsp3) is 0.320. The molecule has 2 atom stereocenters. The van der Waals surface area contributed by atoms with Crippen LogP contribution in [0.4, 0.5) is 24.7 Å². The summed E-state index contributed by atoms with van der Waals surface area (Å²) in [5.41, 5.74) is 2.87. The number of aromatic amines is 1. The average Bonchev–Trinajstić information content (AvgIpc) is 3.27. The van der Waals surface area contributed by atoms with Gasteiger partial charge in [0.25, 0.3) is 0 Å². The SMILES string of the molecule is C[C@@H]1CN(c2cc(C(F)(F)F)cc(CNc3ccnc4[nH]cc(-c5cccnc5)c34)n2)C[C@H](C)N1. The van der Waals surface area contributed by atoms with E-state index in [4.69, 9.17) is 0 Å². The van der Waals surface area contributed by atoms with Gasteiger partial charge in [-0.2, -0.15) is 13.2 Å². The molecular weight excluding hydrogens is 455 g/mol. The van der Waals surface area contributed by atoms with Crippen LogP contribution in [0, 0.1) is 0 Å². The van der Waals surface area contributed by atoms with Gasteiger partial charge in [-0.25, -0.2) is 9.97 Å². The van der Waals surface area contributed by atoms with Gasteiger partial charge in [0, 0.05) is 72.2 Å². The zero-order valence-corrected chi connectivity index (χ0v) is 19.4. The van der Waals surface area contributed by atoms with E-state index in [-0.39, 0.29) is 18.6 Å². The number of piperazine rings is 1. The first-order valence-electron chi connectivity index (χ1n) is 11.5. The van der Waals surface area contributed by atoms with Crippen molar-refractivity contribution in [1.82, 2.24) is 25.3 Å². The van der Waals surface area contributed by atoms with Gasteiger partial charge in [0.1, 0.15) is 11.5 Å². The number of pyridine rings is 3. The number of alkyl halides is 3. The third-order valence-corrected chi connectivity index (χ3v) is 6.08. The molecule has 4 aromatic heterocycles. The van der Waals surface area contributed by atoms with Gasteiger partial charge in [-0.05, 0) is 38.1 Å². The van der Waals surface area contributed by atoms with Crippen molar-refractivity contribution in [2.45, 2.75) is 38.7 Å². The van der Waals surface area contributed by atoms with Gasteiger partial charge in [0.2, 0.25) is 0 Å². The fourth-order valence-electron chi connectivity index (χ4n) is 4.64. The molecule has 1 saturated heterocycles. The molecule has 0 unspecified atom stereocenters. The summed E-state index contributed by atoms with van der Waals surface area (Å²) in [6, 6.07) is 8.17. The Morgan fingerprint density at radius 2 is 1.91 bits per heavy atom. The standard InChI is InChI=1S/C25H26F3N7/c1-15-13-35(14-16(2)33-15)22-9-18(25(26,27)28)8-19(34-22)11-31-21-5-7-30-24-23(21)20(12-32-24)17-4-3-6-29-10-17/h3-10,12,15-16,33H,11,13-14H2,1-2H3,(H2,30,31,32)/t15-,16+. The molecule has 10 heteroatoms. The molecule has 1 aliphatic heterocycles. The number of nitrogens with zero attached hydrogens (tertiary/aromatic N) is 4. The van der Waals surface area contributed by atoms with E-state index in [2.05, 4.69) is 30.6 Å². The van der Waals surface area contributed by atoms with E-state index in [9.17, 15) is 13.2 Å². The summed E-state index contributed by atoms with van der Waals surface area (Å²) in [5, 5.41) is 7.53. The second kappa shape index (κ2) is 9.18. The second-order valence-corrected chi connectivity index (χ2v) is 8.96. The highest BCUT2D eigenvalue weighted by Gasteiger charge is 2.33. The Labute approximate surface area is 200 Å². The first-order chi connectivity index (χ1) is 16.8. The summed E-state index contributed by atoms with van der Waals surface area (Å²) >= 11 is 0. The molecule has 5 rings (SSSR count). The summed E-state index contributed by atoms with van der Waals surface area (Å²) in [4.78, 5) is 18.3. The van der Waals surface area contributed by atoms with Crippen molar-refractivity contribution in [3.63, 3.8) is 0 Å². The van der Waals surface area contributed by atoms with Gasteiger partial charge in [-0.1, -0.05) is 6.07 Å². The van der Waals surface area contributed by atoms with Gasteiger partial charge >= 0.3 is 6.18 Å². The second-order valence-electron chi connectivity index (χ2n) is 8.96. The number of fused-ring (bicyclic) bond motifs is 1. The first kappa shape index (κ1) is 23.1. The minimum Gasteiger partial charge on any atom is -0.379 e. The smallest absolute Gasteiger partial charge is 0.379 e. The van der Waals surface area contributed by atoms with Gasteiger partial charge in [0.05, 0.1) is 17.8 Å². The van der Waals surface area contributed by atoms with Crippen LogP contribution in [0.5, 0.6) is 0 Å². The van der Waals surface area contributed by atoms with Crippen LogP contribution in [0.1, 0.15) is 25.1 Å². The normalized spacial score (nSPS) is 18.7. The van der Waals surface area contributed by atoms with Crippen molar-refractivity contribution >= 4 is 22.5 Å². The number of anilines is 2. The molecule has 7 nitrogen and oxygen atoms in total. The van der Waals surface area contributed by atoms with E-state index in [1.807, 2.05) is 43.1 Å². The lowest BCUT2D eigenvalue weighted by Crippen LogP contribution is -2.54. The van der Waals surface area contributed by atoms with Crippen LogP contribution in [0.2, 0.25) is 0 Å². The minimum absolute atomic E-state index is 0.130. The molecule has 5 heterocycles. The van der Waals surface area contributed by atoms with E-state index in [0.717, 1.165) is 34.3 Å². The molecule has 182 valence electrons. The van der Waals surface area contributed by atoms with Crippen molar-refractivity contribution in [2.24, 2.45) is 0 Å². The third-order valence-electron chi connectivity index (χ3n) is 6.08. The Hall–Kier alpha value is -3.66. The number of H-pyrrole nitrogens is 1. The lowest BCUT2D eigenvalue weighted by atomic mass is 10.1. The van der Waals surface area contributed by atoms with E-state index in [1.165, 1.54) is 0 Å². The summed E-state index contributed by atoms with van der Waals surface area (Å²) in [7, 11) is 0. The maximum absolute atomic E-state index is 13.7. The van der Waals surface area contributed by atoms with Crippen molar-refractivity contribution < 1.29 is 13.2 Å². The number of nitrogens with one attached hydrogen (secondary N) is 3. The molecule has 0 aromatic carbocycles. The van der Waals surface area contributed by atoms with Crippen molar-refractivity contribution in [3.05, 3.63) is 66.4 Å². The summed E-state index contributed by atoms with van der Waals surface area (Å²) in [6.07, 6.45) is 2.51. The van der Waals surface area contributed by atoms with Crippen LogP contribution < -0.4 is 15.5 Å².